The maximum atomic E-state index is 12.7. The summed E-state index contributed by atoms with van der Waals surface area (Å²) in [4.78, 5) is 0. The van der Waals surface area contributed by atoms with Gasteiger partial charge in [0.2, 0.25) is 0 Å². The number of ether oxygens (including phenoxy) is 2. The van der Waals surface area contributed by atoms with E-state index >= 15 is 0 Å². The van der Waals surface area contributed by atoms with Gasteiger partial charge in [-0.2, -0.15) is 0 Å². The van der Waals surface area contributed by atoms with Gasteiger partial charge in [0.15, 0.2) is 9.84 Å². The van der Waals surface area contributed by atoms with Gasteiger partial charge in [0.25, 0.3) is 0 Å². The molecule has 0 aliphatic carbocycles. The zero-order valence-corrected chi connectivity index (χ0v) is 14.8. The fourth-order valence-electron chi connectivity index (χ4n) is 2.83. The van der Waals surface area contributed by atoms with E-state index in [4.69, 9.17) is 9.47 Å². The van der Waals surface area contributed by atoms with Crippen LogP contribution in [-0.4, -0.2) is 26.9 Å². The molecule has 0 unspecified atom stereocenters. The zero-order chi connectivity index (χ0) is 17.2. The first kappa shape index (κ1) is 17.0. The molecule has 0 spiro atoms. The van der Waals surface area contributed by atoms with Gasteiger partial charge in [0.1, 0.15) is 17.1 Å². The molecule has 1 heterocycles. The van der Waals surface area contributed by atoms with Crippen LogP contribution in [-0.2, 0) is 25.9 Å². The van der Waals surface area contributed by atoms with Gasteiger partial charge in [-0.15, -0.1) is 0 Å². The second-order valence-electron chi connectivity index (χ2n) is 6.38. The van der Waals surface area contributed by atoms with Crippen LogP contribution in [0.25, 0.3) is 0 Å². The molecule has 0 saturated carbocycles. The standard InChI is InChI=1S/C19H22O4S/c1-15(2)24(20,21)19(13-22-14-19)17-8-10-18(11-9-17)23-12-16-6-4-3-5-7-16/h3-11,15H,12-14H2,1-2H3. The van der Waals surface area contributed by atoms with Crippen molar-refractivity contribution in [2.24, 2.45) is 0 Å². The van der Waals surface area contributed by atoms with Crippen molar-refractivity contribution in [3.8, 4) is 5.75 Å². The molecule has 1 saturated heterocycles. The summed E-state index contributed by atoms with van der Waals surface area (Å²) >= 11 is 0. The number of hydrogen-bond acceptors (Lipinski definition) is 4. The van der Waals surface area contributed by atoms with Crippen molar-refractivity contribution in [1.82, 2.24) is 0 Å². The fraction of sp³-hybridized carbons (Fsp3) is 0.368. The molecule has 0 amide bonds. The molecular formula is C19H22O4S. The van der Waals surface area contributed by atoms with Crippen molar-refractivity contribution in [2.75, 3.05) is 13.2 Å². The van der Waals surface area contributed by atoms with Gasteiger partial charge in [-0.3, -0.25) is 0 Å². The smallest absolute Gasteiger partial charge is 0.167 e. The van der Waals surface area contributed by atoms with Crippen LogP contribution in [0.1, 0.15) is 25.0 Å². The summed E-state index contributed by atoms with van der Waals surface area (Å²) in [6.07, 6.45) is 0. The van der Waals surface area contributed by atoms with Crippen molar-refractivity contribution >= 4 is 9.84 Å². The van der Waals surface area contributed by atoms with Crippen LogP contribution in [0.15, 0.2) is 54.6 Å². The van der Waals surface area contributed by atoms with Crippen LogP contribution in [0.3, 0.4) is 0 Å². The first-order chi connectivity index (χ1) is 11.5. The molecule has 1 fully saturated rings. The number of rotatable bonds is 6. The highest BCUT2D eigenvalue weighted by molar-refractivity contribution is 7.93. The van der Waals surface area contributed by atoms with Crippen LogP contribution in [0.4, 0.5) is 0 Å². The summed E-state index contributed by atoms with van der Waals surface area (Å²) in [5, 5.41) is -0.435. The van der Waals surface area contributed by atoms with Crippen molar-refractivity contribution < 1.29 is 17.9 Å². The van der Waals surface area contributed by atoms with Crippen molar-refractivity contribution in [2.45, 2.75) is 30.5 Å². The van der Waals surface area contributed by atoms with E-state index in [0.29, 0.717) is 6.61 Å². The Morgan fingerprint density at radius 2 is 1.67 bits per heavy atom. The summed E-state index contributed by atoms with van der Waals surface area (Å²) in [6.45, 7) is 4.35. The lowest BCUT2D eigenvalue weighted by atomic mass is 9.96. The van der Waals surface area contributed by atoms with Gasteiger partial charge in [0.05, 0.1) is 18.5 Å². The number of hydrogen-bond donors (Lipinski definition) is 0. The summed E-state index contributed by atoms with van der Waals surface area (Å²) in [5.41, 5.74) is 1.86. The molecule has 2 aromatic rings. The lowest BCUT2D eigenvalue weighted by Gasteiger charge is -2.42. The predicted octanol–water partition coefficient (Wildman–Crippen LogP) is 3.31. The SMILES string of the molecule is CC(C)S(=O)(=O)C1(c2ccc(OCc3ccccc3)cc2)COC1. The molecule has 0 radical (unpaired) electrons. The van der Waals surface area contributed by atoms with E-state index in [9.17, 15) is 8.42 Å². The number of benzene rings is 2. The molecule has 0 aromatic heterocycles. The maximum Gasteiger partial charge on any atom is 0.167 e. The van der Waals surface area contributed by atoms with Gasteiger partial charge in [-0.25, -0.2) is 8.42 Å². The Kier molecular flexibility index (Phi) is 4.65. The van der Waals surface area contributed by atoms with Crippen LogP contribution < -0.4 is 4.74 Å². The average Bonchev–Trinajstić information content (AvgIpc) is 2.53. The predicted molar refractivity (Wildman–Crippen MR) is 93.8 cm³/mol. The van der Waals surface area contributed by atoms with E-state index in [1.807, 2.05) is 54.6 Å². The van der Waals surface area contributed by atoms with Gasteiger partial charge in [-0.1, -0.05) is 42.5 Å². The first-order valence-electron chi connectivity index (χ1n) is 8.04. The minimum absolute atomic E-state index is 0.220. The Bertz CT molecular complexity index is 776. The number of sulfone groups is 1. The molecule has 0 N–H and O–H groups in total. The average molecular weight is 346 g/mol. The summed E-state index contributed by atoms with van der Waals surface area (Å²) in [7, 11) is -3.29. The quantitative estimate of drug-likeness (QED) is 0.805. The van der Waals surface area contributed by atoms with E-state index < -0.39 is 19.8 Å². The summed E-state index contributed by atoms with van der Waals surface area (Å²) < 4.78 is 35.5. The Morgan fingerprint density at radius 3 is 2.17 bits per heavy atom. The van der Waals surface area contributed by atoms with Crippen molar-refractivity contribution in [3.05, 3.63) is 65.7 Å². The van der Waals surface area contributed by atoms with E-state index in [-0.39, 0.29) is 13.2 Å². The third-order valence-electron chi connectivity index (χ3n) is 4.46. The molecule has 128 valence electrons. The Labute approximate surface area is 143 Å². The van der Waals surface area contributed by atoms with Crippen LogP contribution in [0.5, 0.6) is 5.75 Å². The fourth-order valence-corrected chi connectivity index (χ4v) is 4.69. The molecule has 5 heteroatoms. The molecule has 24 heavy (non-hydrogen) atoms. The highest BCUT2D eigenvalue weighted by Crippen LogP contribution is 2.40. The van der Waals surface area contributed by atoms with E-state index in [1.54, 1.807) is 13.8 Å². The monoisotopic (exact) mass is 346 g/mol. The second kappa shape index (κ2) is 6.57. The summed E-state index contributed by atoms with van der Waals surface area (Å²) in [6, 6.07) is 17.2. The zero-order valence-electron chi connectivity index (χ0n) is 13.9. The first-order valence-corrected chi connectivity index (χ1v) is 9.59. The van der Waals surface area contributed by atoms with Crippen molar-refractivity contribution in [1.29, 1.82) is 0 Å². The summed E-state index contributed by atoms with van der Waals surface area (Å²) in [5.74, 6) is 0.722. The highest BCUT2D eigenvalue weighted by atomic mass is 32.2. The molecule has 4 nitrogen and oxygen atoms in total. The molecule has 3 rings (SSSR count). The van der Waals surface area contributed by atoms with Crippen LogP contribution in [0, 0.1) is 0 Å². The van der Waals surface area contributed by atoms with Crippen LogP contribution in [0.2, 0.25) is 0 Å². The van der Waals surface area contributed by atoms with Gasteiger partial charge < -0.3 is 9.47 Å². The van der Waals surface area contributed by atoms with E-state index in [0.717, 1.165) is 16.9 Å². The molecule has 1 aliphatic rings. The normalized spacial score (nSPS) is 16.6. The van der Waals surface area contributed by atoms with Crippen LogP contribution >= 0.6 is 0 Å². The largest absolute Gasteiger partial charge is 0.489 e. The molecule has 1 aliphatic heterocycles. The minimum atomic E-state index is -3.29. The van der Waals surface area contributed by atoms with Gasteiger partial charge >= 0.3 is 0 Å². The van der Waals surface area contributed by atoms with E-state index in [2.05, 4.69) is 0 Å². The lowest BCUT2D eigenvalue weighted by Crippen LogP contribution is -2.55. The Balaban J connectivity index is 1.77. The highest BCUT2D eigenvalue weighted by Gasteiger charge is 2.52. The molecule has 0 atom stereocenters. The maximum absolute atomic E-state index is 12.7. The molecule has 2 aromatic carbocycles. The Hall–Kier alpha value is -1.85. The third kappa shape index (κ3) is 2.94. The third-order valence-corrected chi connectivity index (χ3v) is 7.27. The minimum Gasteiger partial charge on any atom is -0.489 e. The second-order valence-corrected chi connectivity index (χ2v) is 9.19. The van der Waals surface area contributed by atoms with E-state index in [1.165, 1.54) is 0 Å². The Morgan fingerprint density at radius 1 is 1.04 bits per heavy atom. The molecular weight excluding hydrogens is 324 g/mol. The van der Waals surface area contributed by atoms with Gasteiger partial charge in [0, 0.05) is 0 Å². The lowest BCUT2D eigenvalue weighted by molar-refractivity contribution is -0.0163. The topological polar surface area (TPSA) is 52.6 Å². The van der Waals surface area contributed by atoms with Gasteiger partial charge in [-0.05, 0) is 37.1 Å². The molecule has 0 bridgehead atoms. The van der Waals surface area contributed by atoms with Crippen molar-refractivity contribution in [3.63, 3.8) is 0 Å².